The van der Waals surface area contributed by atoms with Gasteiger partial charge in [-0.05, 0) is 13.8 Å². The summed E-state index contributed by atoms with van der Waals surface area (Å²) < 4.78 is 5.45. The number of nitrogen functional groups attached to an aromatic ring is 1. The highest BCUT2D eigenvalue weighted by Crippen LogP contribution is 2.18. The Morgan fingerprint density at radius 1 is 1.24 bits per heavy atom. The van der Waals surface area contributed by atoms with Crippen LogP contribution in [-0.2, 0) is 0 Å². The highest BCUT2D eigenvalue weighted by atomic mass is 32.2. The first-order chi connectivity index (χ1) is 8.15. The van der Waals surface area contributed by atoms with Crippen LogP contribution in [0.3, 0.4) is 0 Å². The minimum absolute atomic E-state index is 0.0292. The van der Waals surface area contributed by atoms with Crippen molar-refractivity contribution < 1.29 is 4.74 Å². The molecule has 7 heteroatoms. The lowest BCUT2D eigenvalue weighted by atomic mass is 10.5. The predicted molar refractivity (Wildman–Crippen MR) is 69.5 cm³/mol. The normalized spacial score (nSPS) is 16.3. The van der Waals surface area contributed by atoms with E-state index in [-0.39, 0.29) is 12.1 Å². The van der Waals surface area contributed by atoms with Gasteiger partial charge in [-0.3, -0.25) is 0 Å². The third kappa shape index (κ3) is 3.36. The maximum Gasteiger partial charge on any atom is 0.323 e. The molecule has 2 heterocycles. The number of aromatic nitrogens is 3. The Hall–Kier alpha value is -1.24. The maximum atomic E-state index is 5.67. The zero-order valence-electron chi connectivity index (χ0n) is 10.1. The van der Waals surface area contributed by atoms with Crippen LogP contribution >= 0.6 is 11.8 Å². The summed E-state index contributed by atoms with van der Waals surface area (Å²) in [5.74, 6) is 3.01. The smallest absolute Gasteiger partial charge is 0.323 e. The quantitative estimate of drug-likeness (QED) is 0.855. The van der Waals surface area contributed by atoms with Crippen LogP contribution in [-0.4, -0.2) is 45.7 Å². The van der Waals surface area contributed by atoms with Gasteiger partial charge in [-0.15, -0.1) is 0 Å². The van der Waals surface area contributed by atoms with Crippen molar-refractivity contribution in [2.75, 3.05) is 35.2 Å². The molecule has 0 aromatic carbocycles. The molecule has 1 aromatic heterocycles. The Morgan fingerprint density at radius 3 is 2.59 bits per heavy atom. The van der Waals surface area contributed by atoms with E-state index in [2.05, 4.69) is 19.9 Å². The monoisotopic (exact) mass is 255 g/mol. The molecule has 0 atom stereocenters. The topological polar surface area (TPSA) is 77.2 Å². The van der Waals surface area contributed by atoms with E-state index in [1.165, 1.54) is 0 Å². The molecule has 1 aromatic rings. The van der Waals surface area contributed by atoms with Crippen LogP contribution in [0.1, 0.15) is 13.8 Å². The van der Waals surface area contributed by atoms with E-state index >= 15 is 0 Å². The molecule has 0 aliphatic carbocycles. The number of anilines is 2. The largest absolute Gasteiger partial charge is 0.461 e. The average Bonchev–Trinajstić information content (AvgIpc) is 2.28. The first-order valence-corrected chi connectivity index (χ1v) is 6.81. The summed E-state index contributed by atoms with van der Waals surface area (Å²) in [5.41, 5.74) is 5.67. The number of hydrogen-bond acceptors (Lipinski definition) is 7. The van der Waals surface area contributed by atoms with Crippen LogP contribution in [0, 0.1) is 0 Å². The molecular formula is C10H17N5OS. The fraction of sp³-hybridized carbons (Fsp3) is 0.700. The zero-order valence-corrected chi connectivity index (χ0v) is 10.9. The summed E-state index contributed by atoms with van der Waals surface area (Å²) in [7, 11) is 0. The van der Waals surface area contributed by atoms with Gasteiger partial charge < -0.3 is 15.4 Å². The first kappa shape index (κ1) is 12.2. The second-order valence-electron chi connectivity index (χ2n) is 4.04. The van der Waals surface area contributed by atoms with E-state index in [9.17, 15) is 0 Å². The minimum Gasteiger partial charge on any atom is -0.461 e. The molecule has 1 aliphatic heterocycles. The molecule has 1 fully saturated rings. The van der Waals surface area contributed by atoms with Crippen molar-refractivity contribution in [3.8, 4) is 6.01 Å². The molecule has 1 saturated heterocycles. The lowest BCUT2D eigenvalue weighted by molar-refractivity contribution is 0.222. The molecule has 1 aliphatic rings. The van der Waals surface area contributed by atoms with Crippen LogP contribution in [0.5, 0.6) is 6.01 Å². The van der Waals surface area contributed by atoms with E-state index in [0.717, 1.165) is 24.6 Å². The van der Waals surface area contributed by atoms with Crippen LogP contribution in [0.4, 0.5) is 11.9 Å². The van der Waals surface area contributed by atoms with E-state index in [1.807, 2.05) is 25.6 Å². The molecule has 17 heavy (non-hydrogen) atoms. The molecular weight excluding hydrogens is 238 g/mol. The number of rotatable bonds is 3. The molecule has 0 saturated carbocycles. The van der Waals surface area contributed by atoms with Crippen molar-refractivity contribution in [1.29, 1.82) is 0 Å². The number of nitrogens with zero attached hydrogens (tertiary/aromatic N) is 4. The van der Waals surface area contributed by atoms with Gasteiger partial charge in [0.25, 0.3) is 0 Å². The molecule has 0 unspecified atom stereocenters. The highest BCUT2D eigenvalue weighted by molar-refractivity contribution is 7.99. The number of thioether (sulfide) groups is 1. The summed E-state index contributed by atoms with van der Waals surface area (Å²) in [6, 6.07) is 0.306. The standard InChI is InChI=1S/C10H17N5OS/c1-7(2)16-10-13-8(11)12-9(14-10)15-3-5-17-6-4-15/h7H,3-6H2,1-2H3,(H2,11,12,13,14). The summed E-state index contributed by atoms with van der Waals surface area (Å²) in [6.07, 6.45) is 0.0292. The van der Waals surface area contributed by atoms with Gasteiger partial charge in [0.15, 0.2) is 0 Å². The van der Waals surface area contributed by atoms with Crippen molar-refractivity contribution in [3.05, 3.63) is 0 Å². The number of ether oxygens (including phenoxy) is 1. The van der Waals surface area contributed by atoms with Crippen molar-refractivity contribution in [3.63, 3.8) is 0 Å². The van der Waals surface area contributed by atoms with Crippen LogP contribution < -0.4 is 15.4 Å². The molecule has 0 spiro atoms. The van der Waals surface area contributed by atoms with Gasteiger partial charge in [0, 0.05) is 24.6 Å². The van der Waals surface area contributed by atoms with Gasteiger partial charge in [0.1, 0.15) is 0 Å². The van der Waals surface area contributed by atoms with E-state index in [0.29, 0.717) is 12.0 Å². The summed E-state index contributed by atoms with van der Waals surface area (Å²) in [5, 5.41) is 0. The molecule has 94 valence electrons. The van der Waals surface area contributed by atoms with Gasteiger partial charge >= 0.3 is 6.01 Å². The van der Waals surface area contributed by atoms with Crippen molar-refractivity contribution in [1.82, 2.24) is 15.0 Å². The maximum absolute atomic E-state index is 5.67. The first-order valence-electron chi connectivity index (χ1n) is 5.66. The van der Waals surface area contributed by atoms with Gasteiger partial charge in [-0.25, -0.2) is 0 Å². The van der Waals surface area contributed by atoms with Crippen molar-refractivity contribution >= 4 is 23.7 Å². The predicted octanol–water partition coefficient (Wildman–Crippen LogP) is 0.794. The van der Waals surface area contributed by atoms with E-state index in [4.69, 9.17) is 10.5 Å². The van der Waals surface area contributed by atoms with Gasteiger partial charge in [-0.1, -0.05) is 0 Å². The van der Waals surface area contributed by atoms with Crippen LogP contribution in [0.2, 0.25) is 0 Å². The van der Waals surface area contributed by atoms with Gasteiger partial charge in [0.05, 0.1) is 6.10 Å². The lowest BCUT2D eigenvalue weighted by Gasteiger charge is -2.26. The summed E-state index contributed by atoms with van der Waals surface area (Å²) in [4.78, 5) is 14.5. The van der Waals surface area contributed by atoms with Crippen molar-refractivity contribution in [2.45, 2.75) is 20.0 Å². The number of nitrogens with two attached hydrogens (primary N) is 1. The SMILES string of the molecule is CC(C)Oc1nc(N)nc(N2CCSCC2)n1. The minimum atomic E-state index is 0.0292. The second-order valence-corrected chi connectivity index (χ2v) is 5.27. The molecule has 0 amide bonds. The lowest BCUT2D eigenvalue weighted by Crippen LogP contribution is -2.34. The Labute approximate surface area is 105 Å². The summed E-state index contributed by atoms with van der Waals surface area (Å²) >= 11 is 1.94. The molecule has 6 nitrogen and oxygen atoms in total. The third-order valence-corrected chi connectivity index (χ3v) is 3.20. The molecule has 0 bridgehead atoms. The fourth-order valence-corrected chi connectivity index (χ4v) is 2.43. The Bertz CT molecular complexity index is 381. The third-order valence-electron chi connectivity index (χ3n) is 2.26. The molecule has 2 rings (SSSR count). The summed E-state index contributed by atoms with van der Waals surface area (Å²) in [6.45, 7) is 5.73. The van der Waals surface area contributed by atoms with Crippen molar-refractivity contribution in [2.24, 2.45) is 0 Å². The zero-order chi connectivity index (χ0) is 12.3. The molecule has 2 N–H and O–H groups in total. The number of hydrogen-bond donors (Lipinski definition) is 1. The van der Waals surface area contributed by atoms with Crippen LogP contribution in [0.15, 0.2) is 0 Å². The molecule has 0 radical (unpaired) electrons. The fourth-order valence-electron chi connectivity index (χ4n) is 1.53. The van der Waals surface area contributed by atoms with Crippen LogP contribution in [0.25, 0.3) is 0 Å². The van der Waals surface area contributed by atoms with E-state index < -0.39 is 0 Å². The van der Waals surface area contributed by atoms with Gasteiger partial charge in [0.2, 0.25) is 11.9 Å². The van der Waals surface area contributed by atoms with Gasteiger partial charge in [-0.2, -0.15) is 26.7 Å². The van der Waals surface area contributed by atoms with E-state index in [1.54, 1.807) is 0 Å². The Kier molecular flexibility index (Phi) is 3.88. The highest BCUT2D eigenvalue weighted by Gasteiger charge is 2.16. The Morgan fingerprint density at radius 2 is 1.94 bits per heavy atom. The average molecular weight is 255 g/mol. The Balaban J connectivity index is 2.18. The second kappa shape index (κ2) is 5.39.